The molecule has 18 heavy (non-hydrogen) atoms. The van der Waals surface area contributed by atoms with Crippen LogP contribution in [0.1, 0.15) is 25.0 Å². The molecule has 0 spiro atoms. The summed E-state index contributed by atoms with van der Waals surface area (Å²) in [5.74, 6) is 0.557. The quantitative estimate of drug-likeness (QED) is 0.903. The van der Waals surface area contributed by atoms with Crippen LogP contribution in [-0.2, 0) is 11.3 Å². The number of rotatable bonds is 4. The van der Waals surface area contributed by atoms with E-state index in [9.17, 15) is 0 Å². The van der Waals surface area contributed by atoms with Gasteiger partial charge < -0.3 is 15.0 Å². The van der Waals surface area contributed by atoms with Gasteiger partial charge in [0.1, 0.15) is 0 Å². The van der Waals surface area contributed by atoms with E-state index in [0.717, 1.165) is 17.6 Å². The zero-order valence-corrected chi connectivity index (χ0v) is 11.5. The van der Waals surface area contributed by atoms with E-state index in [1.165, 1.54) is 11.1 Å². The molecule has 2 rings (SSSR count). The van der Waals surface area contributed by atoms with Crippen LogP contribution in [0.3, 0.4) is 0 Å². The third-order valence-corrected chi connectivity index (χ3v) is 3.28. The van der Waals surface area contributed by atoms with Gasteiger partial charge in [-0.05, 0) is 51.0 Å². The van der Waals surface area contributed by atoms with Gasteiger partial charge in [0, 0.05) is 6.61 Å². The Hall–Kier alpha value is -1.55. The summed E-state index contributed by atoms with van der Waals surface area (Å²) < 4.78 is 7.60. The lowest BCUT2D eigenvalue weighted by molar-refractivity contribution is 0.0652. The number of nitrogens with zero attached hydrogens (tertiary/aromatic N) is 2. The Labute approximate surface area is 108 Å². The highest BCUT2D eigenvalue weighted by Crippen LogP contribution is 2.22. The molecule has 0 radical (unpaired) electrons. The highest BCUT2D eigenvalue weighted by molar-refractivity contribution is 5.80. The number of hydrogen-bond donors (Lipinski definition) is 1. The Morgan fingerprint density at radius 3 is 2.67 bits per heavy atom. The molecule has 4 heteroatoms. The van der Waals surface area contributed by atoms with Crippen molar-refractivity contribution in [1.82, 2.24) is 9.55 Å². The van der Waals surface area contributed by atoms with Gasteiger partial charge in [-0.1, -0.05) is 0 Å². The standard InChI is InChI=1S/C14H21N3O/c1-5-18-11(4)8-17-13-7-10(3)9(2)6-12(13)16-14(17)15/h6-7,11H,5,8H2,1-4H3,(H2,15,16). The molecule has 2 N–H and O–H groups in total. The predicted octanol–water partition coefficient (Wildman–Crippen LogP) is 2.66. The minimum absolute atomic E-state index is 0.135. The number of aryl methyl sites for hydroxylation is 2. The van der Waals surface area contributed by atoms with E-state index in [4.69, 9.17) is 10.5 Å². The normalized spacial score (nSPS) is 13.1. The molecule has 0 aliphatic carbocycles. The van der Waals surface area contributed by atoms with Crippen LogP contribution in [0.5, 0.6) is 0 Å². The Kier molecular flexibility index (Phi) is 3.57. The SMILES string of the molecule is CCOC(C)Cn1c(N)nc2cc(C)c(C)cc21. The van der Waals surface area contributed by atoms with Crippen LogP contribution in [0.25, 0.3) is 11.0 Å². The first-order valence-electron chi connectivity index (χ1n) is 6.37. The van der Waals surface area contributed by atoms with Crippen LogP contribution in [0.4, 0.5) is 5.95 Å². The van der Waals surface area contributed by atoms with Gasteiger partial charge in [-0.2, -0.15) is 0 Å². The fourth-order valence-electron chi connectivity index (χ4n) is 2.18. The van der Waals surface area contributed by atoms with Crippen LogP contribution in [-0.4, -0.2) is 22.3 Å². The fourth-order valence-corrected chi connectivity index (χ4v) is 2.18. The van der Waals surface area contributed by atoms with E-state index in [2.05, 4.69) is 37.9 Å². The van der Waals surface area contributed by atoms with Crippen molar-refractivity contribution in [2.75, 3.05) is 12.3 Å². The van der Waals surface area contributed by atoms with E-state index in [0.29, 0.717) is 12.6 Å². The molecule has 0 aliphatic rings. The number of nitrogen functional groups attached to an aromatic ring is 1. The van der Waals surface area contributed by atoms with Crippen molar-refractivity contribution in [3.63, 3.8) is 0 Å². The van der Waals surface area contributed by atoms with Gasteiger partial charge in [0.15, 0.2) is 0 Å². The van der Waals surface area contributed by atoms with Crippen LogP contribution in [0.15, 0.2) is 12.1 Å². The van der Waals surface area contributed by atoms with E-state index >= 15 is 0 Å². The summed E-state index contributed by atoms with van der Waals surface area (Å²) in [5.41, 5.74) is 10.5. The Balaban J connectivity index is 2.43. The molecule has 1 atom stereocenters. The van der Waals surface area contributed by atoms with Crippen molar-refractivity contribution >= 4 is 17.0 Å². The maximum Gasteiger partial charge on any atom is 0.201 e. The lowest BCUT2D eigenvalue weighted by atomic mass is 10.1. The van der Waals surface area contributed by atoms with Crippen molar-refractivity contribution < 1.29 is 4.74 Å². The maximum atomic E-state index is 5.99. The van der Waals surface area contributed by atoms with Gasteiger partial charge in [-0.3, -0.25) is 0 Å². The molecule has 1 aromatic carbocycles. The van der Waals surface area contributed by atoms with Gasteiger partial charge in [-0.25, -0.2) is 4.98 Å². The molecule has 0 aliphatic heterocycles. The van der Waals surface area contributed by atoms with Gasteiger partial charge in [-0.15, -0.1) is 0 Å². The number of aromatic nitrogens is 2. The minimum Gasteiger partial charge on any atom is -0.377 e. The number of anilines is 1. The number of fused-ring (bicyclic) bond motifs is 1. The van der Waals surface area contributed by atoms with Crippen molar-refractivity contribution in [2.24, 2.45) is 0 Å². The molecular weight excluding hydrogens is 226 g/mol. The van der Waals surface area contributed by atoms with Gasteiger partial charge in [0.25, 0.3) is 0 Å². The topological polar surface area (TPSA) is 53.1 Å². The van der Waals surface area contributed by atoms with Gasteiger partial charge in [0.2, 0.25) is 5.95 Å². The monoisotopic (exact) mass is 247 g/mol. The molecule has 1 aromatic heterocycles. The second-order valence-corrected chi connectivity index (χ2v) is 4.77. The molecule has 1 heterocycles. The third kappa shape index (κ3) is 2.34. The molecule has 4 nitrogen and oxygen atoms in total. The third-order valence-electron chi connectivity index (χ3n) is 3.28. The molecule has 0 saturated carbocycles. The summed E-state index contributed by atoms with van der Waals surface area (Å²) in [6.45, 7) is 9.70. The highest BCUT2D eigenvalue weighted by atomic mass is 16.5. The number of benzene rings is 1. The molecular formula is C14H21N3O. The summed E-state index contributed by atoms with van der Waals surface area (Å²) in [6.07, 6.45) is 0.135. The Bertz CT molecular complexity index is 560. The summed E-state index contributed by atoms with van der Waals surface area (Å²) in [4.78, 5) is 4.41. The first-order valence-corrected chi connectivity index (χ1v) is 6.37. The molecule has 0 fully saturated rings. The largest absolute Gasteiger partial charge is 0.377 e. The predicted molar refractivity (Wildman–Crippen MR) is 74.7 cm³/mol. The van der Waals surface area contributed by atoms with Crippen molar-refractivity contribution in [3.05, 3.63) is 23.3 Å². The Morgan fingerprint density at radius 2 is 2.00 bits per heavy atom. The van der Waals surface area contributed by atoms with Gasteiger partial charge in [0.05, 0.1) is 23.7 Å². The maximum absolute atomic E-state index is 5.99. The summed E-state index contributed by atoms with van der Waals surface area (Å²) >= 11 is 0. The first-order chi connectivity index (χ1) is 8.52. The lowest BCUT2D eigenvalue weighted by Crippen LogP contribution is -2.17. The number of imidazole rings is 1. The number of ether oxygens (including phenoxy) is 1. The summed E-state index contributed by atoms with van der Waals surface area (Å²) in [5, 5.41) is 0. The second kappa shape index (κ2) is 4.98. The molecule has 0 bridgehead atoms. The van der Waals surface area contributed by atoms with E-state index in [-0.39, 0.29) is 6.10 Å². The second-order valence-electron chi connectivity index (χ2n) is 4.77. The molecule has 0 saturated heterocycles. The van der Waals surface area contributed by atoms with E-state index in [1.54, 1.807) is 0 Å². The summed E-state index contributed by atoms with van der Waals surface area (Å²) in [6, 6.07) is 4.23. The lowest BCUT2D eigenvalue weighted by Gasteiger charge is -2.14. The van der Waals surface area contributed by atoms with Crippen molar-refractivity contribution in [1.29, 1.82) is 0 Å². The molecule has 2 aromatic rings. The smallest absolute Gasteiger partial charge is 0.201 e. The van der Waals surface area contributed by atoms with E-state index in [1.807, 2.05) is 11.5 Å². The summed E-state index contributed by atoms with van der Waals surface area (Å²) in [7, 11) is 0. The molecule has 1 unspecified atom stereocenters. The first kappa shape index (κ1) is 12.9. The fraction of sp³-hybridized carbons (Fsp3) is 0.500. The van der Waals surface area contributed by atoms with Crippen LogP contribution in [0, 0.1) is 13.8 Å². The number of hydrogen-bond acceptors (Lipinski definition) is 3. The average Bonchev–Trinajstić information content (AvgIpc) is 2.57. The minimum atomic E-state index is 0.135. The van der Waals surface area contributed by atoms with Crippen LogP contribution >= 0.6 is 0 Å². The molecule has 0 amide bonds. The van der Waals surface area contributed by atoms with Crippen LogP contribution < -0.4 is 5.73 Å². The zero-order chi connectivity index (χ0) is 13.3. The van der Waals surface area contributed by atoms with Crippen molar-refractivity contribution in [2.45, 2.75) is 40.3 Å². The van der Waals surface area contributed by atoms with Crippen molar-refractivity contribution in [3.8, 4) is 0 Å². The molecule has 98 valence electrons. The highest BCUT2D eigenvalue weighted by Gasteiger charge is 2.12. The van der Waals surface area contributed by atoms with Gasteiger partial charge >= 0.3 is 0 Å². The Morgan fingerprint density at radius 1 is 1.33 bits per heavy atom. The zero-order valence-electron chi connectivity index (χ0n) is 11.5. The van der Waals surface area contributed by atoms with E-state index < -0.39 is 0 Å². The number of nitrogens with two attached hydrogens (primary N) is 1. The average molecular weight is 247 g/mol. The van der Waals surface area contributed by atoms with Crippen LogP contribution in [0.2, 0.25) is 0 Å².